The van der Waals surface area contributed by atoms with E-state index in [1.165, 1.54) is 0 Å². The van der Waals surface area contributed by atoms with Gasteiger partial charge in [0.2, 0.25) is 0 Å². The zero-order valence-corrected chi connectivity index (χ0v) is 13.5. The Hall–Kier alpha value is -3.05. The molecule has 3 rings (SSSR count). The highest BCUT2D eigenvalue weighted by atomic mass is 32.1. The second kappa shape index (κ2) is 5.79. The number of nitrogens with zero attached hydrogens (tertiary/aromatic N) is 2. The topological polar surface area (TPSA) is 69.3 Å². The van der Waals surface area contributed by atoms with Gasteiger partial charge in [0.05, 0.1) is 23.5 Å². The first kappa shape index (κ1) is 16.8. The number of nitrogens with two attached hydrogens (primary N) is 2. The lowest BCUT2D eigenvalue weighted by atomic mass is 10.0. The number of aromatic nitrogens is 1. The second-order valence-corrected chi connectivity index (χ2v) is 6.25. The van der Waals surface area contributed by atoms with Crippen LogP contribution in [0.1, 0.15) is 11.1 Å². The monoisotopic (exact) mass is 360 g/mol. The maximum Gasteiger partial charge on any atom is 0.417 e. The highest BCUT2D eigenvalue weighted by Crippen LogP contribution is 2.46. The van der Waals surface area contributed by atoms with Gasteiger partial charge in [-0.1, -0.05) is 30.8 Å². The molecule has 4 N–H and O–H groups in total. The quantitative estimate of drug-likeness (QED) is 0.629. The summed E-state index contributed by atoms with van der Waals surface area (Å²) in [5.41, 5.74) is 11.9. The van der Waals surface area contributed by atoms with Crippen LogP contribution in [0.25, 0.3) is 32.0 Å². The average Bonchev–Trinajstić information content (AvgIpc) is 2.89. The standard InChI is InChI=1S/C17H11F3N4S/c1-8(21)9-3-5-10(6-4-9)12-7-11(17(18,19)20)13-14(22)16(23-2)25-15(13)24-12/h3-7H,1,21-22H2. The van der Waals surface area contributed by atoms with Crippen molar-refractivity contribution < 1.29 is 13.2 Å². The van der Waals surface area contributed by atoms with Gasteiger partial charge in [-0.3, -0.25) is 0 Å². The first-order valence-corrected chi connectivity index (χ1v) is 7.77. The maximum absolute atomic E-state index is 13.5. The van der Waals surface area contributed by atoms with E-state index < -0.39 is 11.7 Å². The normalized spacial score (nSPS) is 11.4. The van der Waals surface area contributed by atoms with Gasteiger partial charge >= 0.3 is 6.18 Å². The van der Waals surface area contributed by atoms with Crippen molar-refractivity contribution in [3.63, 3.8) is 0 Å². The van der Waals surface area contributed by atoms with Crippen LogP contribution in [0.5, 0.6) is 0 Å². The van der Waals surface area contributed by atoms with Gasteiger partial charge in [-0.05, 0) is 11.6 Å². The number of fused-ring (bicyclic) bond motifs is 1. The van der Waals surface area contributed by atoms with Crippen molar-refractivity contribution in [3.05, 3.63) is 59.5 Å². The van der Waals surface area contributed by atoms with Gasteiger partial charge in [-0.2, -0.15) is 13.2 Å². The third kappa shape index (κ3) is 2.90. The maximum atomic E-state index is 13.5. The van der Waals surface area contributed by atoms with Crippen LogP contribution in [0.4, 0.5) is 23.9 Å². The fourth-order valence-electron chi connectivity index (χ4n) is 2.42. The smallest absolute Gasteiger partial charge is 0.406 e. The molecule has 4 nitrogen and oxygen atoms in total. The molecule has 0 spiro atoms. The molecule has 0 radical (unpaired) electrons. The summed E-state index contributed by atoms with van der Waals surface area (Å²) >= 11 is 0.847. The third-order valence-electron chi connectivity index (χ3n) is 3.64. The Morgan fingerprint density at radius 1 is 1.24 bits per heavy atom. The summed E-state index contributed by atoms with van der Waals surface area (Å²) < 4.78 is 40.5. The Kier molecular flexibility index (Phi) is 3.89. The van der Waals surface area contributed by atoms with Crippen LogP contribution in [0, 0.1) is 6.57 Å². The minimum Gasteiger partial charge on any atom is -0.406 e. The molecule has 0 bridgehead atoms. The highest BCUT2D eigenvalue weighted by Gasteiger charge is 2.35. The zero-order valence-electron chi connectivity index (χ0n) is 12.7. The Labute approximate surface area is 145 Å². The van der Waals surface area contributed by atoms with E-state index in [0.717, 1.165) is 17.4 Å². The Bertz CT molecular complexity index is 1030. The lowest BCUT2D eigenvalue weighted by molar-refractivity contribution is -0.136. The van der Waals surface area contributed by atoms with Gasteiger partial charge in [0, 0.05) is 16.6 Å². The van der Waals surface area contributed by atoms with Crippen molar-refractivity contribution in [1.29, 1.82) is 0 Å². The van der Waals surface area contributed by atoms with E-state index >= 15 is 0 Å². The number of halogens is 3. The molecule has 2 heterocycles. The van der Waals surface area contributed by atoms with Crippen LogP contribution in [0.2, 0.25) is 0 Å². The summed E-state index contributed by atoms with van der Waals surface area (Å²) in [6.45, 7) is 10.7. The molecule has 8 heteroatoms. The molecule has 0 saturated carbocycles. The van der Waals surface area contributed by atoms with Crippen LogP contribution < -0.4 is 11.5 Å². The fraction of sp³-hybridized carbons (Fsp3) is 0.0588. The molecule has 0 amide bonds. The zero-order chi connectivity index (χ0) is 18.4. The molecule has 2 aromatic heterocycles. The van der Waals surface area contributed by atoms with Crippen molar-refractivity contribution >= 4 is 37.9 Å². The molecule has 0 aliphatic carbocycles. The minimum atomic E-state index is -4.62. The lowest BCUT2D eigenvalue weighted by Crippen LogP contribution is -2.07. The summed E-state index contributed by atoms with van der Waals surface area (Å²) in [6, 6.07) is 7.50. The van der Waals surface area contributed by atoms with E-state index in [-0.39, 0.29) is 26.6 Å². The van der Waals surface area contributed by atoms with Crippen LogP contribution >= 0.6 is 11.3 Å². The molecule has 126 valence electrons. The molecular formula is C17H11F3N4S. The molecule has 0 fully saturated rings. The number of rotatable bonds is 2. The van der Waals surface area contributed by atoms with E-state index in [9.17, 15) is 13.2 Å². The van der Waals surface area contributed by atoms with E-state index in [4.69, 9.17) is 18.0 Å². The molecule has 3 aromatic rings. The van der Waals surface area contributed by atoms with Crippen molar-refractivity contribution in [2.45, 2.75) is 6.18 Å². The summed E-state index contributed by atoms with van der Waals surface area (Å²) in [7, 11) is 0. The predicted molar refractivity (Wildman–Crippen MR) is 94.0 cm³/mol. The van der Waals surface area contributed by atoms with Gasteiger partial charge in [0.15, 0.2) is 0 Å². The molecular weight excluding hydrogens is 349 g/mol. The Morgan fingerprint density at radius 2 is 1.88 bits per heavy atom. The third-order valence-corrected chi connectivity index (χ3v) is 4.63. The largest absolute Gasteiger partial charge is 0.417 e. The SMILES string of the molecule is [C-]#[N+]c1sc2nc(-c3ccc(C(=C)N)cc3)cc(C(F)(F)F)c2c1N. The molecule has 0 aliphatic heterocycles. The molecule has 25 heavy (non-hydrogen) atoms. The van der Waals surface area contributed by atoms with Crippen molar-refractivity contribution in [2.75, 3.05) is 5.73 Å². The molecule has 0 saturated heterocycles. The molecule has 0 aliphatic rings. The van der Waals surface area contributed by atoms with Gasteiger partial charge < -0.3 is 11.5 Å². The summed E-state index contributed by atoms with van der Waals surface area (Å²) in [6.07, 6.45) is -4.62. The number of benzene rings is 1. The molecule has 1 aromatic carbocycles. The number of hydrogen-bond acceptors (Lipinski definition) is 4. The Morgan fingerprint density at radius 3 is 2.40 bits per heavy atom. The number of thiophene rings is 1. The van der Waals surface area contributed by atoms with Crippen molar-refractivity contribution in [1.82, 2.24) is 4.98 Å². The van der Waals surface area contributed by atoms with E-state index in [1.807, 2.05) is 0 Å². The highest BCUT2D eigenvalue weighted by molar-refractivity contribution is 7.23. The average molecular weight is 360 g/mol. The summed E-state index contributed by atoms with van der Waals surface area (Å²) in [5, 5.41) is -0.223. The van der Waals surface area contributed by atoms with Crippen molar-refractivity contribution in [3.8, 4) is 11.3 Å². The van der Waals surface area contributed by atoms with Crippen LogP contribution in [-0.4, -0.2) is 4.98 Å². The number of alkyl halides is 3. The Balaban J connectivity index is 2.27. The van der Waals surface area contributed by atoms with Crippen LogP contribution in [0.3, 0.4) is 0 Å². The molecule has 0 unspecified atom stereocenters. The fourth-order valence-corrected chi connectivity index (χ4v) is 3.33. The minimum absolute atomic E-state index is 0.0000659. The van der Waals surface area contributed by atoms with Crippen LogP contribution in [0.15, 0.2) is 36.9 Å². The lowest BCUT2D eigenvalue weighted by Gasteiger charge is -2.12. The first-order chi connectivity index (χ1) is 11.7. The number of nitrogen functional groups attached to an aromatic ring is 1. The number of pyridine rings is 1. The van der Waals surface area contributed by atoms with E-state index in [0.29, 0.717) is 16.8 Å². The van der Waals surface area contributed by atoms with E-state index in [1.54, 1.807) is 24.3 Å². The molecule has 0 atom stereocenters. The van der Waals surface area contributed by atoms with Crippen molar-refractivity contribution in [2.24, 2.45) is 5.73 Å². The van der Waals surface area contributed by atoms with Gasteiger partial charge in [0.1, 0.15) is 4.83 Å². The van der Waals surface area contributed by atoms with E-state index in [2.05, 4.69) is 16.4 Å². The van der Waals surface area contributed by atoms with Crippen LogP contribution in [-0.2, 0) is 6.18 Å². The summed E-state index contributed by atoms with van der Waals surface area (Å²) in [4.78, 5) is 7.53. The first-order valence-electron chi connectivity index (χ1n) is 6.95. The number of hydrogen-bond donors (Lipinski definition) is 2. The number of anilines is 1. The summed E-state index contributed by atoms with van der Waals surface area (Å²) in [5.74, 6) is 0. The second-order valence-electron chi connectivity index (χ2n) is 5.27. The predicted octanol–water partition coefficient (Wildman–Crippen LogP) is 5.04. The van der Waals surface area contributed by atoms with Gasteiger partial charge in [-0.25, -0.2) is 9.83 Å². The van der Waals surface area contributed by atoms with Gasteiger partial charge in [0.25, 0.3) is 5.00 Å². The van der Waals surface area contributed by atoms with Gasteiger partial charge in [-0.15, -0.1) is 11.3 Å².